The van der Waals surface area contributed by atoms with Crippen molar-refractivity contribution in [2.75, 3.05) is 12.8 Å². The van der Waals surface area contributed by atoms with E-state index in [9.17, 15) is 8.42 Å². The Morgan fingerprint density at radius 3 is 2.26 bits per heavy atom. The lowest BCUT2D eigenvalue weighted by molar-refractivity contribution is 0.506. The fourth-order valence-electron chi connectivity index (χ4n) is 2.42. The molecule has 0 aliphatic carbocycles. The summed E-state index contributed by atoms with van der Waals surface area (Å²) in [4.78, 5) is 0. The van der Waals surface area contributed by atoms with Crippen molar-refractivity contribution in [3.63, 3.8) is 0 Å². The average molecular weight is 283 g/mol. The molecule has 19 heavy (non-hydrogen) atoms. The van der Waals surface area contributed by atoms with Crippen molar-refractivity contribution in [1.82, 2.24) is 5.32 Å². The Morgan fingerprint density at radius 2 is 1.79 bits per heavy atom. The topological polar surface area (TPSA) is 46.2 Å². The lowest BCUT2D eigenvalue weighted by Gasteiger charge is -2.26. The van der Waals surface area contributed by atoms with Gasteiger partial charge in [-0.15, -0.1) is 0 Å². The first-order valence-corrected chi connectivity index (χ1v) is 8.72. The summed E-state index contributed by atoms with van der Waals surface area (Å²) in [5, 5.41) is 2.82. The van der Waals surface area contributed by atoms with Crippen LogP contribution in [0.4, 0.5) is 0 Å². The van der Waals surface area contributed by atoms with Gasteiger partial charge in [-0.25, -0.2) is 8.42 Å². The normalized spacial score (nSPS) is 15.1. The predicted octanol–water partition coefficient (Wildman–Crippen LogP) is 2.94. The molecule has 0 aliphatic heterocycles. The van der Waals surface area contributed by atoms with Crippen molar-refractivity contribution in [2.24, 2.45) is 0 Å². The van der Waals surface area contributed by atoms with Gasteiger partial charge in [-0.2, -0.15) is 0 Å². The first kappa shape index (κ1) is 16.2. The molecule has 1 N–H and O–H groups in total. The third-order valence-electron chi connectivity index (χ3n) is 3.49. The zero-order valence-corrected chi connectivity index (χ0v) is 12.9. The number of nitrogens with one attached hydrogen (secondary N) is 1. The molecule has 0 saturated carbocycles. The summed E-state index contributed by atoms with van der Waals surface area (Å²) in [5.41, 5.74) is 1.04. The van der Waals surface area contributed by atoms with Crippen LogP contribution in [-0.4, -0.2) is 26.5 Å². The average Bonchev–Trinajstić information content (AvgIpc) is 2.43. The van der Waals surface area contributed by atoms with Crippen LogP contribution in [0.2, 0.25) is 0 Å². The number of unbranched alkanes of at least 4 members (excludes halogenated alkanes) is 1. The van der Waals surface area contributed by atoms with Crippen LogP contribution in [0.3, 0.4) is 0 Å². The summed E-state index contributed by atoms with van der Waals surface area (Å²) in [7, 11) is -1.23. The van der Waals surface area contributed by atoms with Gasteiger partial charge in [0.2, 0.25) is 0 Å². The van der Waals surface area contributed by atoms with Crippen molar-refractivity contribution < 1.29 is 8.42 Å². The molecule has 0 heterocycles. The van der Waals surface area contributed by atoms with E-state index in [-0.39, 0.29) is 17.0 Å². The van der Waals surface area contributed by atoms with Gasteiger partial charge >= 0.3 is 0 Å². The fourth-order valence-corrected chi connectivity index (χ4v) is 4.63. The minimum atomic E-state index is -3.06. The van der Waals surface area contributed by atoms with Crippen molar-refractivity contribution >= 4 is 9.84 Å². The first-order chi connectivity index (χ1) is 9.06. The molecule has 0 spiro atoms. The Morgan fingerprint density at radius 1 is 1.16 bits per heavy atom. The molecule has 0 radical (unpaired) electrons. The summed E-state index contributed by atoms with van der Waals surface area (Å²) < 4.78 is 24.9. The van der Waals surface area contributed by atoms with Gasteiger partial charge in [0.25, 0.3) is 0 Å². The van der Waals surface area contributed by atoms with E-state index in [0.717, 1.165) is 18.4 Å². The summed E-state index contributed by atoms with van der Waals surface area (Å²) in [6.07, 6.45) is 2.28. The SMILES string of the molecule is CCCCS(=O)(=O)C(CC)C(NC)c1ccccc1. The van der Waals surface area contributed by atoms with Gasteiger partial charge in [-0.1, -0.05) is 50.6 Å². The first-order valence-electron chi connectivity index (χ1n) is 7.00. The van der Waals surface area contributed by atoms with Crippen LogP contribution in [0, 0.1) is 0 Å². The molecule has 0 aliphatic rings. The summed E-state index contributed by atoms with van der Waals surface area (Å²) in [6.45, 7) is 3.96. The van der Waals surface area contributed by atoms with Crippen LogP contribution in [0.1, 0.15) is 44.7 Å². The van der Waals surface area contributed by atoms with E-state index in [0.29, 0.717) is 6.42 Å². The second kappa shape index (κ2) is 7.65. The van der Waals surface area contributed by atoms with E-state index >= 15 is 0 Å². The van der Waals surface area contributed by atoms with E-state index in [2.05, 4.69) is 5.32 Å². The standard InChI is InChI=1S/C15H25NO2S/c1-4-6-12-19(17,18)14(5-2)15(16-3)13-10-8-7-9-11-13/h7-11,14-16H,4-6,12H2,1-3H3. The summed E-state index contributed by atoms with van der Waals surface area (Å²) in [6, 6.07) is 9.69. The molecule has 1 aromatic carbocycles. The van der Waals surface area contributed by atoms with Gasteiger partial charge in [0.15, 0.2) is 9.84 Å². The van der Waals surface area contributed by atoms with E-state index in [1.807, 2.05) is 51.2 Å². The van der Waals surface area contributed by atoms with E-state index in [1.165, 1.54) is 0 Å². The van der Waals surface area contributed by atoms with Gasteiger partial charge < -0.3 is 5.32 Å². The summed E-state index contributed by atoms with van der Waals surface area (Å²) >= 11 is 0. The molecule has 0 aromatic heterocycles. The zero-order valence-electron chi connectivity index (χ0n) is 12.1. The molecule has 3 nitrogen and oxygen atoms in total. The molecule has 0 fully saturated rings. The maximum absolute atomic E-state index is 12.5. The van der Waals surface area contributed by atoms with Gasteiger partial charge in [0, 0.05) is 6.04 Å². The Labute approximate surface area is 117 Å². The maximum atomic E-state index is 12.5. The van der Waals surface area contributed by atoms with Crippen molar-refractivity contribution in [3.05, 3.63) is 35.9 Å². The lowest BCUT2D eigenvalue weighted by atomic mass is 10.0. The van der Waals surface area contributed by atoms with Crippen molar-refractivity contribution in [3.8, 4) is 0 Å². The fraction of sp³-hybridized carbons (Fsp3) is 0.600. The Balaban J connectivity index is 3.00. The Hall–Kier alpha value is -0.870. The second-order valence-corrected chi connectivity index (χ2v) is 7.18. The van der Waals surface area contributed by atoms with Gasteiger partial charge in [0.1, 0.15) is 0 Å². The molecule has 2 atom stereocenters. The van der Waals surface area contributed by atoms with Crippen LogP contribution >= 0.6 is 0 Å². The highest BCUT2D eigenvalue weighted by Gasteiger charge is 2.31. The Kier molecular flexibility index (Phi) is 6.52. The molecule has 0 bridgehead atoms. The second-order valence-electron chi connectivity index (χ2n) is 4.84. The minimum Gasteiger partial charge on any atom is -0.312 e. The number of benzene rings is 1. The third-order valence-corrected chi connectivity index (χ3v) is 5.87. The minimum absolute atomic E-state index is 0.131. The van der Waals surface area contributed by atoms with Crippen LogP contribution in [0.25, 0.3) is 0 Å². The molecule has 0 amide bonds. The van der Waals surface area contributed by atoms with Gasteiger partial charge in [-0.05, 0) is 25.5 Å². The quantitative estimate of drug-likeness (QED) is 0.798. The maximum Gasteiger partial charge on any atom is 0.155 e. The summed E-state index contributed by atoms with van der Waals surface area (Å²) in [5.74, 6) is 0.285. The van der Waals surface area contributed by atoms with Crippen molar-refractivity contribution in [1.29, 1.82) is 0 Å². The molecule has 1 aromatic rings. The number of rotatable bonds is 8. The largest absolute Gasteiger partial charge is 0.312 e. The highest BCUT2D eigenvalue weighted by atomic mass is 32.2. The van der Waals surface area contributed by atoms with E-state index < -0.39 is 9.84 Å². The highest BCUT2D eigenvalue weighted by molar-refractivity contribution is 7.92. The van der Waals surface area contributed by atoms with E-state index in [4.69, 9.17) is 0 Å². The molecule has 108 valence electrons. The molecular weight excluding hydrogens is 258 g/mol. The van der Waals surface area contributed by atoms with Crippen LogP contribution in [-0.2, 0) is 9.84 Å². The smallest absolute Gasteiger partial charge is 0.155 e. The van der Waals surface area contributed by atoms with Crippen LogP contribution < -0.4 is 5.32 Å². The zero-order chi connectivity index (χ0) is 14.3. The van der Waals surface area contributed by atoms with Crippen molar-refractivity contribution in [2.45, 2.75) is 44.4 Å². The highest BCUT2D eigenvalue weighted by Crippen LogP contribution is 2.25. The molecule has 0 saturated heterocycles. The predicted molar refractivity (Wildman–Crippen MR) is 81.0 cm³/mol. The number of hydrogen-bond acceptors (Lipinski definition) is 3. The molecule has 4 heteroatoms. The molecule has 2 unspecified atom stereocenters. The number of hydrogen-bond donors (Lipinski definition) is 1. The van der Waals surface area contributed by atoms with Crippen LogP contribution in [0.15, 0.2) is 30.3 Å². The van der Waals surface area contributed by atoms with Crippen LogP contribution in [0.5, 0.6) is 0 Å². The third kappa shape index (κ3) is 4.32. The van der Waals surface area contributed by atoms with E-state index in [1.54, 1.807) is 0 Å². The lowest BCUT2D eigenvalue weighted by Crippen LogP contribution is -2.36. The molecular formula is C15H25NO2S. The Bertz CT molecular complexity index is 456. The monoisotopic (exact) mass is 283 g/mol. The van der Waals surface area contributed by atoms with Gasteiger partial charge in [0.05, 0.1) is 11.0 Å². The van der Waals surface area contributed by atoms with Gasteiger partial charge in [-0.3, -0.25) is 0 Å². The number of sulfone groups is 1. The molecule has 1 rings (SSSR count).